The summed E-state index contributed by atoms with van der Waals surface area (Å²) in [5, 5.41) is 3.63. The maximum Gasteiger partial charge on any atom is 0.128 e. The summed E-state index contributed by atoms with van der Waals surface area (Å²) >= 11 is 0. The minimum Gasteiger partial charge on any atom is -0.489 e. The van der Waals surface area contributed by atoms with E-state index in [1.165, 1.54) is 54.4 Å². The van der Waals surface area contributed by atoms with Crippen molar-refractivity contribution >= 4 is 5.84 Å². The minimum absolute atomic E-state index is 0.624. The van der Waals surface area contributed by atoms with Crippen LogP contribution in [0.2, 0.25) is 0 Å². The van der Waals surface area contributed by atoms with E-state index in [2.05, 4.69) is 55.6 Å². The molecule has 0 saturated carbocycles. The number of hydrogen-bond donors (Lipinski definition) is 1. The van der Waals surface area contributed by atoms with E-state index in [1.807, 2.05) is 6.07 Å². The first kappa shape index (κ1) is 21.4. The van der Waals surface area contributed by atoms with Gasteiger partial charge in [0.1, 0.15) is 18.2 Å². The monoisotopic (exact) mass is 392 g/mol. The van der Waals surface area contributed by atoms with Crippen LogP contribution in [0.15, 0.2) is 47.5 Å². The second kappa shape index (κ2) is 11.6. The SMILES string of the molecule is CCCCN=C(NCCCC)c1ccc(OCc2ccccc2)c2c1CCCC2. The average molecular weight is 393 g/mol. The van der Waals surface area contributed by atoms with Gasteiger partial charge in [0.2, 0.25) is 0 Å². The van der Waals surface area contributed by atoms with Crippen molar-refractivity contribution in [3.05, 3.63) is 64.7 Å². The first-order chi connectivity index (χ1) is 14.3. The third kappa shape index (κ3) is 6.09. The topological polar surface area (TPSA) is 33.6 Å². The number of nitrogens with zero attached hydrogens (tertiary/aromatic N) is 1. The van der Waals surface area contributed by atoms with Crippen molar-refractivity contribution < 1.29 is 4.74 Å². The number of hydrogen-bond acceptors (Lipinski definition) is 2. The predicted octanol–water partition coefficient (Wildman–Crippen LogP) is 6.08. The summed E-state index contributed by atoms with van der Waals surface area (Å²) in [6.07, 6.45) is 9.39. The number of amidine groups is 1. The zero-order chi connectivity index (χ0) is 20.3. The van der Waals surface area contributed by atoms with Crippen molar-refractivity contribution in [2.45, 2.75) is 71.8 Å². The lowest BCUT2D eigenvalue weighted by atomic mass is 9.87. The fourth-order valence-corrected chi connectivity index (χ4v) is 3.90. The molecule has 2 aromatic carbocycles. The van der Waals surface area contributed by atoms with Crippen LogP contribution in [-0.2, 0) is 19.4 Å². The normalized spacial score (nSPS) is 13.8. The standard InChI is InChI=1S/C26H36N2O/c1-3-5-18-27-26(28-19-6-4-2)24-16-17-25(23-15-11-10-14-22(23)24)29-20-21-12-8-7-9-13-21/h7-9,12-13,16-17H,3-6,10-11,14-15,18-20H2,1-2H3,(H,27,28). The van der Waals surface area contributed by atoms with Crippen molar-refractivity contribution in [3.8, 4) is 5.75 Å². The molecule has 1 aliphatic rings. The summed E-state index contributed by atoms with van der Waals surface area (Å²) in [5.74, 6) is 2.13. The quantitative estimate of drug-likeness (QED) is 0.302. The molecule has 1 N–H and O–H groups in total. The predicted molar refractivity (Wildman–Crippen MR) is 123 cm³/mol. The fourth-order valence-electron chi connectivity index (χ4n) is 3.90. The zero-order valence-electron chi connectivity index (χ0n) is 18.2. The van der Waals surface area contributed by atoms with Crippen LogP contribution in [0.3, 0.4) is 0 Å². The second-order valence-electron chi connectivity index (χ2n) is 7.91. The Bertz CT molecular complexity index is 783. The molecule has 1 aliphatic carbocycles. The van der Waals surface area contributed by atoms with Crippen molar-refractivity contribution in [2.24, 2.45) is 4.99 Å². The Labute approximate surface area is 176 Å². The lowest BCUT2D eigenvalue weighted by Gasteiger charge is -2.24. The van der Waals surface area contributed by atoms with Gasteiger partial charge in [-0.05, 0) is 67.3 Å². The van der Waals surface area contributed by atoms with Crippen LogP contribution < -0.4 is 10.1 Å². The molecule has 0 atom stereocenters. The minimum atomic E-state index is 0.624. The summed E-state index contributed by atoms with van der Waals surface area (Å²) in [7, 11) is 0. The Morgan fingerprint density at radius 2 is 1.69 bits per heavy atom. The van der Waals surface area contributed by atoms with Gasteiger partial charge in [0.05, 0.1) is 0 Å². The Morgan fingerprint density at radius 3 is 2.45 bits per heavy atom. The molecular formula is C26H36N2O. The van der Waals surface area contributed by atoms with Crippen LogP contribution >= 0.6 is 0 Å². The molecule has 3 rings (SSSR count). The van der Waals surface area contributed by atoms with E-state index in [9.17, 15) is 0 Å². The largest absolute Gasteiger partial charge is 0.489 e. The summed E-state index contributed by atoms with van der Waals surface area (Å²) in [5.41, 5.74) is 5.34. The van der Waals surface area contributed by atoms with Gasteiger partial charge in [-0.3, -0.25) is 4.99 Å². The molecular weight excluding hydrogens is 356 g/mol. The lowest BCUT2D eigenvalue weighted by Crippen LogP contribution is -2.28. The van der Waals surface area contributed by atoms with E-state index < -0.39 is 0 Å². The molecule has 156 valence electrons. The van der Waals surface area contributed by atoms with Crippen LogP contribution in [0.5, 0.6) is 5.75 Å². The van der Waals surface area contributed by atoms with E-state index in [4.69, 9.17) is 9.73 Å². The van der Waals surface area contributed by atoms with E-state index in [0.717, 1.165) is 43.9 Å². The molecule has 0 aliphatic heterocycles. The average Bonchev–Trinajstić information content (AvgIpc) is 2.77. The molecule has 0 fully saturated rings. The summed E-state index contributed by atoms with van der Waals surface area (Å²) in [4.78, 5) is 4.95. The first-order valence-corrected chi connectivity index (χ1v) is 11.4. The molecule has 0 bridgehead atoms. The number of rotatable bonds is 10. The van der Waals surface area contributed by atoms with Crippen LogP contribution in [-0.4, -0.2) is 18.9 Å². The van der Waals surface area contributed by atoms with E-state index >= 15 is 0 Å². The third-order valence-electron chi connectivity index (χ3n) is 5.59. The van der Waals surface area contributed by atoms with E-state index in [0.29, 0.717) is 6.61 Å². The molecule has 0 saturated heterocycles. The smallest absolute Gasteiger partial charge is 0.128 e. The molecule has 0 unspecified atom stereocenters. The van der Waals surface area contributed by atoms with Gasteiger partial charge in [-0.1, -0.05) is 57.0 Å². The van der Waals surface area contributed by atoms with Gasteiger partial charge in [0, 0.05) is 18.7 Å². The van der Waals surface area contributed by atoms with Gasteiger partial charge in [0.25, 0.3) is 0 Å². The maximum absolute atomic E-state index is 6.26. The highest BCUT2D eigenvalue weighted by molar-refractivity contribution is 6.00. The van der Waals surface area contributed by atoms with E-state index in [1.54, 1.807) is 0 Å². The Kier molecular flexibility index (Phi) is 8.60. The molecule has 29 heavy (non-hydrogen) atoms. The van der Waals surface area contributed by atoms with Gasteiger partial charge in [0.15, 0.2) is 0 Å². The summed E-state index contributed by atoms with van der Waals surface area (Å²) < 4.78 is 6.26. The summed E-state index contributed by atoms with van der Waals surface area (Å²) in [6, 6.07) is 14.8. The molecule has 3 heteroatoms. The maximum atomic E-state index is 6.26. The summed E-state index contributed by atoms with van der Waals surface area (Å²) in [6.45, 7) is 6.96. The van der Waals surface area contributed by atoms with Gasteiger partial charge in [-0.2, -0.15) is 0 Å². The third-order valence-corrected chi connectivity index (χ3v) is 5.59. The number of unbranched alkanes of at least 4 members (excludes halogenated alkanes) is 2. The molecule has 0 spiro atoms. The number of fused-ring (bicyclic) bond motifs is 1. The molecule has 3 nitrogen and oxygen atoms in total. The Morgan fingerprint density at radius 1 is 0.931 bits per heavy atom. The Balaban J connectivity index is 1.84. The fraction of sp³-hybridized carbons (Fsp3) is 0.500. The lowest BCUT2D eigenvalue weighted by molar-refractivity contribution is 0.301. The van der Waals surface area contributed by atoms with E-state index in [-0.39, 0.29) is 0 Å². The first-order valence-electron chi connectivity index (χ1n) is 11.4. The van der Waals surface area contributed by atoms with Crippen molar-refractivity contribution in [2.75, 3.05) is 13.1 Å². The number of benzene rings is 2. The molecule has 2 aromatic rings. The van der Waals surface area contributed by atoms with Crippen LogP contribution in [0.4, 0.5) is 0 Å². The van der Waals surface area contributed by atoms with Gasteiger partial charge in [-0.15, -0.1) is 0 Å². The van der Waals surface area contributed by atoms with Crippen LogP contribution in [0.1, 0.15) is 74.6 Å². The molecule has 0 amide bonds. The number of nitrogens with one attached hydrogen (secondary N) is 1. The van der Waals surface area contributed by atoms with Crippen LogP contribution in [0, 0.1) is 0 Å². The van der Waals surface area contributed by atoms with Crippen molar-refractivity contribution in [1.82, 2.24) is 5.32 Å². The highest BCUT2D eigenvalue weighted by Crippen LogP contribution is 2.33. The van der Waals surface area contributed by atoms with Crippen molar-refractivity contribution in [3.63, 3.8) is 0 Å². The van der Waals surface area contributed by atoms with Gasteiger partial charge >= 0.3 is 0 Å². The highest BCUT2D eigenvalue weighted by atomic mass is 16.5. The van der Waals surface area contributed by atoms with Gasteiger partial charge < -0.3 is 10.1 Å². The number of ether oxygens (including phenoxy) is 1. The molecule has 0 aromatic heterocycles. The van der Waals surface area contributed by atoms with Crippen LogP contribution in [0.25, 0.3) is 0 Å². The second-order valence-corrected chi connectivity index (χ2v) is 7.91. The van der Waals surface area contributed by atoms with Crippen molar-refractivity contribution in [1.29, 1.82) is 0 Å². The Hall–Kier alpha value is -2.29. The molecule has 0 heterocycles. The highest BCUT2D eigenvalue weighted by Gasteiger charge is 2.20. The molecule has 0 radical (unpaired) electrons. The van der Waals surface area contributed by atoms with Gasteiger partial charge in [-0.25, -0.2) is 0 Å². The zero-order valence-corrected chi connectivity index (χ0v) is 18.2. The number of aliphatic imine (C=N–C) groups is 1.